The van der Waals surface area contributed by atoms with Gasteiger partial charge in [0.15, 0.2) is 5.78 Å². The lowest BCUT2D eigenvalue weighted by molar-refractivity contribution is 0.101. The summed E-state index contributed by atoms with van der Waals surface area (Å²) in [5, 5.41) is 6.36. The third kappa shape index (κ3) is 7.52. The third-order valence-corrected chi connectivity index (χ3v) is 12.0. The molecule has 2 aliphatic rings. The number of hydrogen-bond donors (Lipinski definition) is 3. The molecule has 0 aliphatic carbocycles. The largest absolute Gasteiger partial charge is 0.383 e. The van der Waals surface area contributed by atoms with Crippen LogP contribution in [-0.2, 0) is 20.0 Å². The van der Waals surface area contributed by atoms with Crippen LogP contribution in [0, 0.1) is 0 Å². The van der Waals surface area contributed by atoms with Crippen molar-refractivity contribution in [2.75, 3.05) is 90.0 Å². The number of nitrogens with two attached hydrogens (primary N) is 1. The minimum atomic E-state index is -3.20. The highest BCUT2D eigenvalue weighted by molar-refractivity contribution is 7.89. The Morgan fingerprint density at radius 1 is 0.696 bits per heavy atom. The van der Waals surface area contributed by atoms with Crippen LogP contribution in [0.4, 0.5) is 40.3 Å². The Morgan fingerprint density at radius 3 is 1.50 bits per heavy atom. The van der Waals surface area contributed by atoms with Gasteiger partial charge in [0.2, 0.25) is 26.0 Å². The lowest BCUT2D eigenvalue weighted by Gasteiger charge is -2.35. The molecule has 4 N–H and O–H groups in total. The van der Waals surface area contributed by atoms with E-state index in [1.54, 1.807) is 13.8 Å². The average Bonchev–Trinajstić information content (AvgIpc) is 3.05. The van der Waals surface area contributed by atoms with Crippen molar-refractivity contribution in [1.82, 2.24) is 18.6 Å². The van der Waals surface area contributed by atoms with Gasteiger partial charge in [0.25, 0.3) is 0 Å². The van der Waals surface area contributed by atoms with Crippen LogP contribution < -0.4 is 26.2 Å². The Hall–Kier alpha value is -3.99. The average molecular weight is 672 g/mol. The monoisotopic (exact) mass is 671 g/mol. The molecule has 2 aliphatic heterocycles. The first-order valence-corrected chi connectivity index (χ1v) is 18.5. The molecule has 248 valence electrons. The van der Waals surface area contributed by atoms with Crippen LogP contribution in [0.15, 0.2) is 48.5 Å². The summed E-state index contributed by atoms with van der Waals surface area (Å²) in [6.45, 7) is 8.91. The van der Waals surface area contributed by atoms with Gasteiger partial charge in [-0.1, -0.05) is 0 Å². The smallest absolute Gasteiger partial charge is 0.231 e. The van der Waals surface area contributed by atoms with Gasteiger partial charge in [-0.3, -0.25) is 4.79 Å². The number of aromatic nitrogens is 2. The van der Waals surface area contributed by atoms with E-state index in [4.69, 9.17) is 5.73 Å². The molecular formula is C30H41N9O5S2. The lowest BCUT2D eigenvalue weighted by atomic mass is 10.2. The van der Waals surface area contributed by atoms with Gasteiger partial charge in [-0.25, -0.2) is 16.8 Å². The molecule has 0 radical (unpaired) electrons. The molecule has 0 saturated carbocycles. The highest BCUT2D eigenvalue weighted by Gasteiger charge is 2.27. The van der Waals surface area contributed by atoms with Gasteiger partial charge in [-0.2, -0.15) is 18.6 Å². The molecule has 0 amide bonds. The van der Waals surface area contributed by atoms with Crippen molar-refractivity contribution in [3.8, 4) is 0 Å². The molecule has 46 heavy (non-hydrogen) atoms. The Balaban J connectivity index is 1.25. The molecule has 0 spiro atoms. The summed E-state index contributed by atoms with van der Waals surface area (Å²) in [7, 11) is -6.39. The summed E-state index contributed by atoms with van der Waals surface area (Å²) in [4.78, 5) is 25.7. The fourth-order valence-electron chi connectivity index (χ4n) is 5.56. The molecule has 14 nitrogen and oxygen atoms in total. The van der Waals surface area contributed by atoms with E-state index in [0.717, 1.165) is 11.4 Å². The van der Waals surface area contributed by atoms with Gasteiger partial charge >= 0.3 is 0 Å². The van der Waals surface area contributed by atoms with Crippen molar-refractivity contribution in [3.05, 3.63) is 54.1 Å². The first-order chi connectivity index (χ1) is 21.9. The molecule has 3 heterocycles. The maximum Gasteiger partial charge on any atom is 0.231 e. The summed E-state index contributed by atoms with van der Waals surface area (Å²) in [6.07, 6.45) is 0. The number of ketones is 1. The molecule has 0 bridgehead atoms. The van der Waals surface area contributed by atoms with Crippen molar-refractivity contribution in [3.63, 3.8) is 0 Å². The van der Waals surface area contributed by atoms with Gasteiger partial charge in [0, 0.05) is 75.1 Å². The first kappa shape index (κ1) is 33.4. The lowest BCUT2D eigenvalue weighted by Crippen LogP contribution is -2.49. The molecule has 2 saturated heterocycles. The Kier molecular flexibility index (Phi) is 10.0. The number of carbonyl (C=O) groups is 1. The van der Waals surface area contributed by atoms with Crippen LogP contribution >= 0.6 is 0 Å². The van der Waals surface area contributed by atoms with Crippen molar-refractivity contribution in [2.45, 2.75) is 20.8 Å². The highest BCUT2D eigenvalue weighted by Crippen LogP contribution is 2.29. The molecule has 3 aromatic rings. The molecule has 0 unspecified atom stereocenters. The van der Waals surface area contributed by atoms with Crippen molar-refractivity contribution < 1.29 is 21.6 Å². The minimum Gasteiger partial charge on any atom is -0.383 e. The number of nitrogens with one attached hydrogen (secondary N) is 2. The van der Waals surface area contributed by atoms with Crippen molar-refractivity contribution in [1.29, 1.82) is 0 Å². The molecule has 0 atom stereocenters. The van der Waals surface area contributed by atoms with Crippen LogP contribution in [0.5, 0.6) is 0 Å². The second kappa shape index (κ2) is 13.8. The standard InChI is InChI=1S/C30H41N9O5S2/c1-4-45(41,42)38-18-14-36(15-19-38)25-10-6-23(7-11-25)32-29-27(22(3)40)28(31)34-30(35-29)33-24-8-12-26(13-9-24)37-16-20-39(21-17-37)46(43,44)5-2/h6-13H,4-5,14-21H2,1-3H3,(H4,31,32,33,34,35). The highest BCUT2D eigenvalue weighted by atomic mass is 32.2. The van der Waals surface area contributed by atoms with Gasteiger partial charge in [0.1, 0.15) is 17.2 Å². The summed E-state index contributed by atoms with van der Waals surface area (Å²) in [5.74, 6) is 0.448. The zero-order valence-corrected chi connectivity index (χ0v) is 27.9. The zero-order chi connectivity index (χ0) is 33.1. The number of nitrogen functional groups attached to an aromatic ring is 1. The summed E-state index contributed by atoms with van der Waals surface area (Å²) in [6, 6.07) is 15.3. The molecule has 16 heteroatoms. The molecule has 5 rings (SSSR count). The number of rotatable bonds is 11. The Bertz CT molecular complexity index is 1750. The predicted molar refractivity (Wildman–Crippen MR) is 182 cm³/mol. The topological polar surface area (TPSA) is 174 Å². The second-order valence-electron chi connectivity index (χ2n) is 11.1. The maximum atomic E-state index is 12.5. The number of Topliss-reactive ketones (excluding diaryl/α,β-unsaturated/α-hetero) is 1. The second-order valence-corrected chi connectivity index (χ2v) is 15.6. The van der Waals surface area contributed by atoms with Gasteiger partial charge in [0.05, 0.1) is 11.5 Å². The Labute approximate surface area is 270 Å². The number of carbonyl (C=O) groups excluding carboxylic acids is 1. The van der Waals surface area contributed by atoms with Crippen LogP contribution in [0.25, 0.3) is 0 Å². The van der Waals surface area contributed by atoms with E-state index < -0.39 is 20.0 Å². The van der Waals surface area contributed by atoms with E-state index in [1.807, 2.05) is 48.5 Å². The van der Waals surface area contributed by atoms with Crippen molar-refractivity contribution in [2.24, 2.45) is 0 Å². The fraction of sp³-hybridized carbons (Fsp3) is 0.433. The summed E-state index contributed by atoms with van der Waals surface area (Å²) in [5.41, 5.74) is 9.75. The van der Waals surface area contributed by atoms with Crippen LogP contribution in [0.2, 0.25) is 0 Å². The van der Waals surface area contributed by atoms with Crippen LogP contribution in [0.3, 0.4) is 0 Å². The SMILES string of the molecule is CCS(=O)(=O)N1CCN(c2ccc(Nc3nc(N)c(C(C)=O)c(Nc4ccc(N5CCN(S(=O)(=O)CC)CC5)cc4)n3)cc2)CC1. The van der Waals surface area contributed by atoms with E-state index in [9.17, 15) is 21.6 Å². The molecule has 2 fully saturated rings. The maximum absolute atomic E-state index is 12.5. The number of nitrogens with zero attached hydrogens (tertiary/aromatic N) is 6. The predicted octanol–water partition coefficient (Wildman–Crippen LogP) is 2.69. The zero-order valence-electron chi connectivity index (χ0n) is 26.3. The Morgan fingerprint density at radius 2 is 1.11 bits per heavy atom. The molecule has 2 aromatic carbocycles. The van der Waals surface area contributed by atoms with E-state index in [1.165, 1.54) is 15.5 Å². The van der Waals surface area contributed by atoms with Crippen LogP contribution in [-0.4, -0.2) is 105 Å². The fourth-order valence-corrected chi connectivity index (χ4v) is 7.73. The van der Waals surface area contributed by atoms with Gasteiger partial charge in [-0.15, -0.1) is 0 Å². The van der Waals surface area contributed by atoms with E-state index in [2.05, 4.69) is 30.4 Å². The number of piperazine rings is 2. The van der Waals surface area contributed by atoms with Crippen molar-refractivity contribution >= 4 is 66.2 Å². The summed E-state index contributed by atoms with van der Waals surface area (Å²) < 4.78 is 51.8. The number of hydrogen-bond acceptors (Lipinski definition) is 12. The minimum absolute atomic E-state index is 0.0422. The van der Waals surface area contributed by atoms with Gasteiger partial charge in [-0.05, 0) is 69.3 Å². The first-order valence-electron chi connectivity index (χ1n) is 15.3. The normalized spacial score (nSPS) is 16.8. The summed E-state index contributed by atoms with van der Waals surface area (Å²) >= 11 is 0. The van der Waals surface area contributed by atoms with Crippen LogP contribution in [0.1, 0.15) is 31.1 Å². The van der Waals surface area contributed by atoms with Gasteiger partial charge < -0.3 is 26.2 Å². The number of benzene rings is 2. The molecular weight excluding hydrogens is 631 g/mol. The van der Waals surface area contributed by atoms with E-state index >= 15 is 0 Å². The number of sulfonamides is 2. The van der Waals surface area contributed by atoms with E-state index in [0.29, 0.717) is 63.7 Å². The number of anilines is 7. The van der Waals surface area contributed by atoms with E-state index in [-0.39, 0.29) is 40.4 Å². The quantitative estimate of drug-likeness (QED) is 0.255. The third-order valence-electron chi connectivity index (χ3n) is 8.27. The molecule has 1 aromatic heterocycles.